The van der Waals surface area contributed by atoms with Gasteiger partial charge in [-0.25, -0.2) is 0 Å². The van der Waals surface area contributed by atoms with Gasteiger partial charge in [0, 0.05) is 36.1 Å². The first-order chi connectivity index (χ1) is 12.5. The van der Waals surface area contributed by atoms with Crippen molar-refractivity contribution in [3.8, 4) is 11.5 Å². The Hall–Kier alpha value is -3.49. The number of nitro benzene ring substituents is 1. The maximum atomic E-state index is 10.6. The van der Waals surface area contributed by atoms with Crippen molar-refractivity contribution in [3.63, 3.8) is 0 Å². The van der Waals surface area contributed by atoms with Crippen molar-refractivity contribution >= 4 is 23.0 Å². The molecule has 0 unspecified atom stereocenters. The van der Waals surface area contributed by atoms with Gasteiger partial charge in [-0.05, 0) is 24.3 Å². The number of aliphatic imine (C=N–C) groups is 1. The second-order valence-corrected chi connectivity index (χ2v) is 5.19. The third-order valence-electron chi connectivity index (χ3n) is 3.46. The molecule has 0 heterocycles. The highest BCUT2D eigenvalue weighted by Gasteiger charge is 2.05. The summed E-state index contributed by atoms with van der Waals surface area (Å²) in [5.74, 6) is 1.48. The number of benzene rings is 2. The van der Waals surface area contributed by atoms with Crippen LogP contribution in [0.2, 0.25) is 0 Å². The highest BCUT2D eigenvalue weighted by atomic mass is 16.6. The van der Waals surface area contributed by atoms with Crippen molar-refractivity contribution in [3.05, 3.63) is 52.6 Å². The third-order valence-corrected chi connectivity index (χ3v) is 3.46. The van der Waals surface area contributed by atoms with Gasteiger partial charge >= 0.3 is 0 Å². The highest BCUT2D eigenvalue weighted by Crippen LogP contribution is 2.29. The molecule has 0 aromatic heterocycles. The van der Waals surface area contributed by atoms with Gasteiger partial charge in [0.2, 0.25) is 0 Å². The van der Waals surface area contributed by atoms with E-state index in [0.717, 1.165) is 11.4 Å². The van der Waals surface area contributed by atoms with E-state index < -0.39 is 4.92 Å². The number of non-ortho nitro benzene ring substituents is 1. The molecule has 0 radical (unpaired) electrons. The Balaban J connectivity index is 1.83. The minimum Gasteiger partial charge on any atom is -0.493 e. The molecule has 0 amide bonds. The number of anilines is 2. The van der Waals surface area contributed by atoms with E-state index in [0.29, 0.717) is 24.6 Å². The Labute approximate surface area is 151 Å². The van der Waals surface area contributed by atoms with Gasteiger partial charge in [-0.15, -0.1) is 0 Å². The van der Waals surface area contributed by atoms with Gasteiger partial charge in [-0.3, -0.25) is 15.1 Å². The first kappa shape index (κ1) is 18.8. The molecule has 138 valence electrons. The summed E-state index contributed by atoms with van der Waals surface area (Å²) in [5, 5.41) is 16.7. The molecule has 4 N–H and O–H groups in total. The van der Waals surface area contributed by atoms with E-state index in [1.54, 1.807) is 44.6 Å². The molecule has 2 aromatic carbocycles. The minimum absolute atomic E-state index is 0.0527. The van der Waals surface area contributed by atoms with Crippen LogP contribution < -0.4 is 25.8 Å². The fraction of sp³-hybridized carbons (Fsp3) is 0.235. The Morgan fingerprint density at radius 2 is 1.77 bits per heavy atom. The summed E-state index contributed by atoms with van der Waals surface area (Å²) in [4.78, 5) is 14.4. The summed E-state index contributed by atoms with van der Waals surface area (Å²) >= 11 is 0. The van der Waals surface area contributed by atoms with E-state index in [2.05, 4.69) is 15.6 Å². The molecular formula is C17H21N5O4. The van der Waals surface area contributed by atoms with Crippen molar-refractivity contribution in [2.24, 2.45) is 10.7 Å². The van der Waals surface area contributed by atoms with Gasteiger partial charge in [0.15, 0.2) is 17.5 Å². The molecule has 9 nitrogen and oxygen atoms in total. The zero-order valence-corrected chi connectivity index (χ0v) is 14.6. The van der Waals surface area contributed by atoms with Gasteiger partial charge in [0.1, 0.15) is 0 Å². The zero-order valence-electron chi connectivity index (χ0n) is 14.6. The monoisotopic (exact) mass is 359 g/mol. The van der Waals surface area contributed by atoms with E-state index in [-0.39, 0.29) is 11.6 Å². The summed E-state index contributed by atoms with van der Waals surface area (Å²) in [6.07, 6.45) is 0. The lowest BCUT2D eigenvalue weighted by molar-refractivity contribution is -0.384. The van der Waals surface area contributed by atoms with E-state index >= 15 is 0 Å². The Kier molecular flexibility index (Phi) is 6.60. The Bertz CT molecular complexity index is 777. The molecule has 0 aliphatic carbocycles. The molecule has 0 spiro atoms. The number of nitro groups is 1. The molecular weight excluding hydrogens is 338 g/mol. The fourth-order valence-corrected chi connectivity index (χ4v) is 2.18. The van der Waals surface area contributed by atoms with Crippen LogP contribution >= 0.6 is 0 Å². The van der Waals surface area contributed by atoms with Crippen molar-refractivity contribution in [2.45, 2.75) is 0 Å². The lowest BCUT2D eigenvalue weighted by Crippen LogP contribution is -2.23. The topological polar surface area (TPSA) is 124 Å². The van der Waals surface area contributed by atoms with E-state index in [9.17, 15) is 10.1 Å². The minimum atomic E-state index is -0.436. The molecule has 2 aromatic rings. The normalized spacial score (nSPS) is 10.9. The van der Waals surface area contributed by atoms with Crippen LogP contribution in [0.5, 0.6) is 11.5 Å². The average molecular weight is 359 g/mol. The summed E-state index contributed by atoms with van der Waals surface area (Å²) < 4.78 is 10.4. The Morgan fingerprint density at radius 1 is 1.12 bits per heavy atom. The van der Waals surface area contributed by atoms with E-state index in [1.165, 1.54) is 12.1 Å². The number of guanidine groups is 1. The number of nitrogens with two attached hydrogens (primary N) is 1. The van der Waals surface area contributed by atoms with Gasteiger partial charge in [0.25, 0.3) is 5.69 Å². The molecule has 26 heavy (non-hydrogen) atoms. The molecule has 0 aliphatic heterocycles. The standard InChI is InChI=1S/C17H21N5O4/c1-25-15-8-5-13(11-16(15)26-2)21-17(18)20-10-9-19-12-3-6-14(7-4-12)22(23)24/h3-8,11,19H,9-10H2,1-2H3,(H3,18,20,21). The van der Waals surface area contributed by atoms with Gasteiger partial charge in [0.05, 0.1) is 25.7 Å². The highest BCUT2D eigenvalue weighted by molar-refractivity contribution is 5.92. The second kappa shape index (κ2) is 9.11. The zero-order chi connectivity index (χ0) is 18.9. The van der Waals surface area contributed by atoms with Crippen LogP contribution in [0.25, 0.3) is 0 Å². The molecule has 0 bridgehead atoms. The number of hydrogen-bond donors (Lipinski definition) is 3. The van der Waals surface area contributed by atoms with Crippen LogP contribution in [0.1, 0.15) is 0 Å². The van der Waals surface area contributed by atoms with Gasteiger partial charge in [-0.2, -0.15) is 0 Å². The lowest BCUT2D eigenvalue weighted by atomic mass is 10.3. The molecule has 0 atom stereocenters. The van der Waals surface area contributed by atoms with Crippen LogP contribution in [-0.4, -0.2) is 38.2 Å². The number of rotatable bonds is 8. The van der Waals surface area contributed by atoms with E-state index in [4.69, 9.17) is 15.2 Å². The predicted octanol–water partition coefficient (Wildman–Crippen LogP) is 2.45. The average Bonchev–Trinajstić information content (AvgIpc) is 2.65. The largest absolute Gasteiger partial charge is 0.493 e. The fourth-order valence-electron chi connectivity index (χ4n) is 2.18. The maximum Gasteiger partial charge on any atom is 0.269 e. The molecule has 0 fully saturated rings. The SMILES string of the molecule is COc1ccc(NC(N)=NCCNc2ccc([N+](=O)[O-])cc2)cc1OC. The van der Waals surface area contributed by atoms with Crippen LogP contribution in [-0.2, 0) is 0 Å². The number of hydrogen-bond acceptors (Lipinski definition) is 6. The maximum absolute atomic E-state index is 10.6. The van der Waals surface area contributed by atoms with Crippen molar-refractivity contribution in [1.82, 2.24) is 0 Å². The summed E-state index contributed by atoms with van der Waals surface area (Å²) in [6, 6.07) is 11.5. The smallest absolute Gasteiger partial charge is 0.269 e. The van der Waals surface area contributed by atoms with Crippen molar-refractivity contribution in [1.29, 1.82) is 0 Å². The van der Waals surface area contributed by atoms with Crippen LogP contribution in [0.4, 0.5) is 17.1 Å². The van der Waals surface area contributed by atoms with Crippen LogP contribution in [0.3, 0.4) is 0 Å². The first-order valence-electron chi connectivity index (χ1n) is 7.80. The van der Waals surface area contributed by atoms with E-state index in [1.807, 2.05) is 0 Å². The van der Waals surface area contributed by atoms with Crippen LogP contribution in [0.15, 0.2) is 47.5 Å². The Morgan fingerprint density at radius 3 is 2.38 bits per heavy atom. The number of nitrogens with one attached hydrogen (secondary N) is 2. The second-order valence-electron chi connectivity index (χ2n) is 5.19. The molecule has 0 aliphatic rings. The third kappa shape index (κ3) is 5.26. The van der Waals surface area contributed by atoms with Crippen molar-refractivity contribution < 1.29 is 14.4 Å². The number of methoxy groups -OCH3 is 2. The molecule has 2 rings (SSSR count). The predicted molar refractivity (Wildman–Crippen MR) is 101 cm³/mol. The molecule has 9 heteroatoms. The summed E-state index contributed by atoms with van der Waals surface area (Å²) in [7, 11) is 3.13. The van der Waals surface area contributed by atoms with Gasteiger partial charge in [-0.1, -0.05) is 0 Å². The quantitative estimate of drug-likeness (QED) is 0.217. The molecule has 0 saturated heterocycles. The number of ether oxygens (including phenoxy) is 2. The molecule has 0 saturated carbocycles. The van der Waals surface area contributed by atoms with Crippen molar-refractivity contribution in [2.75, 3.05) is 37.9 Å². The first-order valence-corrected chi connectivity index (χ1v) is 7.80. The lowest BCUT2D eigenvalue weighted by Gasteiger charge is -2.11. The summed E-state index contributed by atoms with van der Waals surface area (Å²) in [5.41, 5.74) is 7.42. The number of nitrogens with zero attached hydrogens (tertiary/aromatic N) is 2. The van der Waals surface area contributed by atoms with Gasteiger partial charge < -0.3 is 25.8 Å². The summed E-state index contributed by atoms with van der Waals surface area (Å²) in [6.45, 7) is 0.967. The van der Waals surface area contributed by atoms with Crippen LogP contribution in [0, 0.1) is 10.1 Å².